The molecule has 0 fully saturated rings. The number of nitrogens with one attached hydrogen (secondary N) is 1. The van der Waals surface area contributed by atoms with Gasteiger partial charge in [-0.05, 0) is 68.8 Å². The zero-order chi connectivity index (χ0) is 21.0. The first kappa shape index (κ1) is 20.1. The summed E-state index contributed by atoms with van der Waals surface area (Å²) < 4.78 is 12.3. The molecule has 0 saturated carbocycles. The molecule has 0 unspecified atom stereocenters. The molecule has 1 heterocycles. The van der Waals surface area contributed by atoms with E-state index in [-0.39, 0.29) is 0 Å². The van der Waals surface area contributed by atoms with Crippen LogP contribution in [0.15, 0.2) is 54.7 Å². The molecule has 0 aliphatic carbocycles. The van der Waals surface area contributed by atoms with Gasteiger partial charge in [-0.15, -0.1) is 0 Å². The second kappa shape index (κ2) is 8.60. The SMILES string of the molecule is COc1ccc(C)cc1NC(=O)[C@@H](C)OC(=O)c1ccc(-n2nccc2C)cc1. The molecular formula is C22H23N3O4. The van der Waals surface area contributed by atoms with Gasteiger partial charge in [0.15, 0.2) is 6.10 Å². The fraction of sp³-hybridized carbons (Fsp3) is 0.227. The predicted octanol–water partition coefficient (Wildman–Crippen LogP) is 3.68. The summed E-state index contributed by atoms with van der Waals surface area (Å²) in [5, 5.41) is 6.97. The third-order valence-corrected chi connectivity index (χ3v) is 4.45. The van der Waals surface area contributed by atoms with Crippen LogP contribution >= 0.6 is 0 Å². The van der Waals surface area contributed by atoms with Crippen LogP contribution in [-0.2, 0) is 9.53 Å². The number of methoxy groups -OCH3 is 1. The zero-order valence-electron chi connectivity index (χ0n) is 16.8. The van der Waals surface area contributed by atoms with Gasteiger partial charge < -0.3 is 14.8 Å². The molecule has 0 saturated heterocycles. The maximum absolute atomic E-state index is 12.5. The summed E-state index contributed by atoms with van der Waals surface area (Å²) in [5.74, 6) is -0.481. The van der Waals surface area contributed by atoms with E-state index in [9.17, 15) is 9.59 Å². The third kappa shape index (κ3) is 4.63. The van der Waals surface area contributed by atoms with E-state index in [0.717, 1.165) is 16.9 Å². The van der Waals surface area contributed by atoms with Crippen molar-refractivity contribution in [1.82, 2.24) is 9.78 Å². The van der Waals surface area contributed by atoms with E-state index in [0.29, 0.717) is 17.0 Å². The molecule has 7 nitrogen and oxygen atoms in total. The second-order valence-electron chi connectivity index (χ2n) is 6.67. The number of rotatable bonds is 6. The van der Waals surface area contributed by atoms with E-state index in [1.165, 1.54) is 14.0 Å². The van der Waals surface area contributed by atoms with Crippen molar-refractivity contribution >= 4 is 17.6 Å². The van der Waals surface area contributed by atoms with E-state index in [1.807, 2.05) is 26.0 Å². The number of nitrogens with zero attached hydrogens (tertiary/aromatic N) is 2. The van der Waals surface area contributed by atoms with Crippen LogP contribution in [0.1, 0.15) is 28.5 Å². The minimum Gasteiger partial charge on any atom is -0.495 e. The molecule has 7 heteroatoms. The highest BCUT2D eigenvalue weighted by molar-refractivity contribution is 5.98. The van der Waals surface area contributed by atoms with Gasteiger partial charge in [0, 0.05) is 11.9 Å². The van der Waals surface area contributed by atoms with Gasteiger partial charge in [-0.2, -0.15) is 5.10 Å². The number of hydrogen-bond acceptors (Lipinski definition) is 5. The molecule has 0 aliphatic heterocycles. The largest absolute Gasteiger partial charge is 0.495 e. The van der Waals surface area contributed by atoms with E-state index in [2.05, 4.69) is 10.4 Å². The van der Waals surface area contributed by atoms with Crippen LogP contribution in [0.3, 0.4) is 0 Å². The average molecular weight is 393 g/mol. The lowest BCUT2D eigenvalue weighted by Crippen LogP contribution is -2.30. The number of aryl methyl sites for hydroxylation is 2. The van der Waals surface area contributed by atoms with Crippen LogP contribution < -0.4 is 10.1 Å². The first-order valence-corrected chi connectivity index (χ1v) is 9.16. The van der Waals surface area contributed by atoms with Crippen LogP contribution in [0.5, 0.6) is 5.75 Å². The summed E-state index contributed by atoms with van der Waals surface area (Å²) in [6, 6.07) is 14.2. The van der Waals surface area contributed by atoms with Crippen LogP contribution in [0.25, 0.3) is 5.69 Å². The monoisotopic (exact) mass is 393 g/mol. The molecule has 0 spiro atoms. The van der Waals surface area contributed by atoms with Crippen molar-refractivity contribution in [3.63, 3.8) is 0 Å². The van der Waals surface area contributed by atoms with Crippen molar-refractivity contribution in [3.05, 3.63) is 71.5 Å². The lowest BCUT2D eigenvalue weighted by atomic mass is 10.2. The maximum atomic E-state index is 12.5. The molecule has 0 aliphatic rings. The summed E-state index contributed by atoms with van der Waals surface area (Å²) in [6.45, 7) is 5.38. The van der Waals surface area contributed by atoms with Crippen molar-refractivity contribution in [3.8, 4) is 11.4 Å². The molecular weight excluding hydrogens is 370 g/mol. The smallest absolute Gasteiger partial charge is 0.338 e. The summed E-state index contributed by atoms with van der Waals surface area (Å²) in [5.41, 5.74) is 3.67. The lowest BCUT2D eigenvalue weighted by Gasteiger charge is -2.16. The molecule has 0 radical (unpaired) electrons. The van der Waals surface area contributed by atoms with E-state index in [4.69, 9.17) is 9.47 Å². The lowest BCUT2D eigenvalue weighted by molar-refractivity contribution is -0.123. The molecule has 1 aromatic heterocycles. The van der Waals surface area contributed by atoms with Gasteiger partial charge in [-0.25, -0.2) is 9.48 Å². The zero-order valence-corrected chi connectivity index (χ0v) is 16.8. The third-order valence-electron chi connectivity index (χ3n) is 4.45. The molecule has 3 rings (SSSR count). The van der Waals surface area contributed by atoms with Crippen molar-refractivity contribution in [2.45, 2.75) is 26.9 Å². The minimum absolute atomic E-state index is 0.353. The number of esters is 1. The van der Waals surface area contributed by atoms with Crippen LogP contribution in [0.2, 0.25) is 0 Å². The van der Waals surface area contributed by atoms with E-state index >= 15 is 0 Å². The average Bonchev–Trinajstić information content (AvgIpc) is 3.14. The van der Waals surface area contributed by atoms with Crippen molar-refractivity contribution < 1.29 is 19.1 Å². The van der Waals surface area contributed by atoms with Gasteiger partial charge in [0.2, 0.25) is 0 Å². The molecule has 2 aromatic carbocycles. The summed E-state index contributed by atoms with van der Waals surface area (Å²) in [6.07, 6.45) is 0.738. The number of benzene rings is 2. The van der Waals surface area contributed by atoms with Gasteiger partial charge in [-0.1, -0.05) is 6.07 Å². The van der Waals surface area contributed by atoms with Crippen molar-refractivity contribution in [2.24, 2.45) is 0 Å². The van der Waals surface area contributed by atoms with Gasteiger partial charge in [0.25, 0.3) is 5.91 Å². The standard InChI is InChI=1S/C22H23N3O4/c1-14-5-10-20(28-4)19(13-14)24-21(26)16(3)29-22(27)17-6-8-18(9-7-17)25-15(2)11-12-23-25/h5-13,16H,1-4H3,(H,24,26)/t16-/m1/s1. The number of aromatic nitrogens is 2. The number of amides is 1. The number of carbonyl (C=O) groups excluding carboxylic acids is 2. The highest BCUT2D eigenvalue weighted by Gasteiger charge is 2.20. The molecule has 1 N–H and O–H groups in total. The number of ether oxygens (including phenoxy) is 2. The van der Waals surface area contributed by atoms with Gasteiger partial charge >= 0.3 is 5.97 Å². The Morgan fingerprint density at radius 3 is 2.41 bits per heavy atom. The Morgan fingerprint density at radius 2 is 1.79 bits per heavy atom. The number of carbonyl (C=O) groups is 2. The fourth-order valence-corrected chi connectivity index (χ4v) is 2.81. The molecule has 0 bridgehead atoms. The number of hydrogen-bond donors (Lipinski definition) is 1. The Morgan fingerprint density at radius 1 is 1.07 bits per heavy atom. The van der Waals surface area contributed by atoms with E-state index in [1.54, 1.807) is 47.3 Å². The first-order chi connectivity index (χ1) is 13.9. The predicted molar refractivity (Wildman–Crippen MR) is 110 cm³/mol. The van der Waals surface area contributed by atoms with Crippen LogP contribution in [0.4, 0.5) is 5.69 Å². The molecule has 3 aromatic rings. The minimum atomic E-state index is -0.972. The highest BCUT2D eigenvalue weighted by Crippen LogP contribution is 2.25. The summed E-state index contributed by atoms with van der Waals surface area (Å²) in [4.78, 5) is 24.9. The van der Waals surface area contributed by atoms with Crippen LogP contribution in [0, 0.1) is 13.8 Å². The molecule has 1 amide bonds. The molecule has 150 valence electrons. The summed E-state index contributed by atoms with van der Waals surface area (Å²) in [7, 11) is 1.53. The van der Waals surface area contributed by atoms with Crippen molar-refractivity contribution in [1.29, 1.82) is 0 Å². The van der Waals surface area contributed by atoms with Gasteiger partial charge in [-0.3, -0.25) is 4.79 Å². The molecule has 29 heavy (non-hydrogen) atoms. The Kier molecular flexibility index (Phi) is 5.97. The maximum Gasteiger partial charge on any atom is 0.338 e. The van der Waals surface area contributed by atoms with Crippen molar-refractivity contribution in [2.75, 3.05) is 12.4 Å². The first-order valence-electron chi connectivity index (χ1n) is 9.16. The Balaban J connectivity index is 1.65. The Bertz CT molecular complexity index is 1020. The normalized spacial score (nSPS) is 11.6. The quantitative estimate of drug-likeness (QED) is 0.646. The molecule has 1 atom stereocenters. The van der Waals surface area contributed by atoms with Crippen LogP contribution in [-0.4, -0.2) is 34.9 Å². The van der Waals surface area contributed by atoms with E-state index < -0.39 is 18.0 Å². The second-order valence-corrected chi connectivity index (χ2v) is 6.67. The number of anilines is 1. The van der Waals surface area contributed by atoms with Gasteiger partial charge in [0.05, 0.1) is 24.0 Å². The highest BCUT2D eigenvalue weighted by atomic mass is 16.5. The summed E-state index contributed by atoms with van der Waals surface area (Å²) >= 11 is 0. The van der Waals surface area contributed by atoms with Gasteiger partial charge in [0.1, 0.15) is 5.75 Å². The topological polar surface area (TPSA) is 82.5 Å². The Hall–Kier alpha value is -3.61. The fourth-order valence-electron chi connectivity index (χ4n) is 2.81. The Labute approximate surface area is 169 Å².